The molecule has 0 aromatic rings. The van der Waals surface area contributed by atoms with Crippen molar-refractivity contribution in [3.63, 3.8) is 0 Å². The van der Waals surface area contributed by atoms with Gasteiger partial charge in [-0.3, -0.25) is 5.84 Å². The lowest BCUT2D eigenvalue weighted by Gasteiger charge is -2.19. The van der Waals surface area contributed by atoms with Gasteiger partial charge in [-0.1, -0.05) is 19.8 Å². The fourth-order valence-corrected chi connectivity index (χ4v) is 0.922. The maximum absolute atomic E-state index is 12.3. The molecule has 68 valence electrons. The quantitative estimate of drug-likeness (QED) is 0.391. The molecule has 1 unspecified atom stereocenters. The maximum Gasteiger partial charge on any atom is 0.338 e. The van der Waals surface area contributed by atoms with Crippen molar-refractivity contribution in [1.82, 2.24) is 5.43 Å². The zero-order chi connectivity index (χ0) is 8.91. The number of unbranched alkanes of at least 4 members (excludes halogenated alkanes) is 1. The molecule has 0 aliphatic carbocycles. The van der Waals surface area contributed by atoms with Crippen molar-refractivity contribution < 1.29 is 8.78 Å². The maximum atomic E-state index is 12.3. The third kappa shape index (κ3) is 4.50. The molecular weight excluding hydrogens is 174 g/mol. The van der Waals surface area contributed by atoms with Gasteiger partial charge < -0.3 is 0 Å². The summed E-state index contributed by atoms with van der Waals surface area (Å²) < 4.78 is 24.7. The molecule has 0 aromatic heterocycles. The molecule has 0 spiro atoms. The summed E-state index contributed by atoms with van der Waals surface area (Å²) in [6.07, 6.45) is 1.84. The minimum absolute atomic E-state index is 0.295. The fraction of sp³-hybridized carbons (Fsp3) is 1.00. The van der Waals surface area contributed by atoms with Gasteiger partial charge in [0.1, 0.15) is 0 Å². The Morgan fingerprint density at radius 2 is 2.18 bits per heavy atom. The van der Waals surface area contributed by atoms with E-state index in [1.807, 2.05) is 12.3 Å². The highest BCUT2D eigenvalue weighted by Gasteiger charge is 2.35. The number of nitrogens with two attached hydrogens (primary N) is 1. The highest BCUT2D eigenvalue weighted by atomic mass is 35.5. The summed E-state index contributed by atoms with van der Waals surface area (Å²) in [6, 6.07) is -1.12. The first-order valence-corrected chi connectivity index (χ1v) is 3.93. The molecule has 1 atom stereocenters. The molecule has 3 N–H and O–H groups in total. The number of hydrazine groups is 1. The third-order valence-electron chi connectivity index (χ3n) is 1.44. The van der Waals surface area contributed by atoms with Crippen molar-refractivity contribution >= 4 is 11.6 Å². The first-order chi connectivity index (χ1) is 5.02. The summed E-state index contributed by atoms with van der Waals surface area (Å²) in [5.41, 5.74) is 1.99. The Kier molecular flexibility index (Phi) is 4.88. The summed E-state index contributed by atoms with van der Waals surface area (Å²) in [7, 11) is 0. The molecule has 0 heterocycles. The fourth-order valence-electron chi connectivity index (χ4n) is 0.750. The zero-order valence-corrected chi connectivity index (χ0v) is 7.17. The van der Waals surface area contributed by atoms with E-state index in [-0.39, 0.29) is 0 Å². The Labute approximate surface area is 70.1 Å². The molecule has 11 heavy (non-hydrogen) atoms. The van der Waals surface area contributed by atoms with Gasteiger partial charge in [-0.15, -0.1) is 0 Å². The van der Waals surface area contributed by atoms with Crippen molar-refractivity contribution in [2.24, 2.45) is 5.84 Å². The van der Waals surface area contributed by atoms with Gasteiger partial charge in [0.25, 0.3) is 0 Å². The van der Waals surface area contributed by atoms with Gasteiger partial charge in [-0.25, -0.2) is 5.43 Å². The van der Waals surface area contributed by atoms with Gasteiger partial charge in [0, 0.05) is 0 Å². The average Bonchev–Trinajstić information content (AvgIpc) is 1.87. The molecule has 0 bridgehead atoms. The minimum Gasteiger partial charge on any atom is -0.271 e. The van der Waals surface area contributed by atoms with Gasteiger partial charge in [0.15, 0.2) is 0 Å². The Hall–Kier alpha value is 0.0700. The highest BCUT2D eigenvalue weighted by molar-refractivity contribution is 6.22. The predicted molar refractivity (Wildman–Crippen MR) is 41.4 cm³/mol. The van der Waals surface area contributed by atoms with E-state index in [2.05, 4.69) is 0 Å². The van der Waals surface area contributed by atoms with E-state index in [1.54, 1.807) is 0 Å². The van der Waals surface area contributed by atoms with Crippen molar-refractivity contribution in [3.8, 4) is 0 Å². The van der Waals surface area contributed by atoms with Crippen LogP contribution in [0, 0.1) is 0 Å². The van der Waals surface area contributed by atoms with Crippen molar-refractivity contribution in [3.05, 3.63) is 0 Å². The summed E-state index contributed by atoms with van der Waals surface area (Å²) in [5.74, 6) is 4.89. The number of hydrogen-bond donors (Lipinski definition) is 2. The van der Waals surface area contributed by atoms with Crippen LogP contribution in [0.4, 0.5) is 8.78 Å². The van der Waals surface area contributed by atoms with E-state index in [0.717, 1.165) is 6.42 Å². The van der Waals surface area contributed by atoms with Gasteiger partial charge in [0.05, 0.1) is 6.04 Å². The van der Waals surface area contributed by atoms with Crippen LogP contribution in [0.25, 0.3) is 0 Å². The van der Waals surface area contributed by atoms with Crippen LogP contribution in [0.15, 0.2) is 0 Å². The van der Waals surface area contributed by atoms with Crippen LogP contribution in [-0.2, 0) is 0 Å². The van der Waals surface area contributed by atoms with E-state index in [0.29, 0.717) is 12.8 Å². The molecule has 0 aliphatic rings. The van der Waals surface area contributed by atoms with Gasteiger partial charge in [-0.2, -0.15) is 8.78 Å². The monoisotopic (exact) mass is 186 g/mol. The Morgan fingerprint density at radius 3 is 2.45 bits per heavy atom. The standard InChI is InChI=1S/C6H13ClF2N2/c1-2-3-4-5(11-10)6(7,8)9/h5,11H,2-4,10H2,1H3. The summed E-state index contributed by atoms with van der Waals surface area (Å²) in [4.78, 5) is 0. The van der Waals surface area contributed by atoms with Crippen LogP contribution in [0.1, 0.15) is 26.2 Å². The number of rotatable bonds is 5. The predicted octanol–water partition coefficient (Wildman–Crippen LogP) is 1.84. The largest absolute Gasteiger partial charge is 0.338 e. The van der Waals surface area contributed by atoms with E-state index in [1.165, 1.54) is 0 Å². The second kappa shape index (κ2) is 4.85. The lowest BCUT2D eigenvalue weighted by atomic mass is 10.1. The molecule has 0 saturated heterocycles. The number of alkyl halides is 3. The van der Waals surface area contributed by atoms with Crippen molar-refractivity contribution in [2.45, 2.75) is 37.6 Å². The molecular formula is C6H13ClF2N2. The second-order valence-electron chi connectivity index (χ2n) is 2.40. The first-order valence-electron chi connectivity index (χ1n) is 3.55. The minimum atomic E-state index is -3.25. The summed E-state index contributed by atoms with van der Waals surface area (Å²) >= 11 is 4.76. The number of hydrogen-bond acceptors (Lipinski definition) is 2. The van der Waals surface area contributed by atoms with Crippen LogP contribution < -0.4 is 11.3 Å². The van der Waals surface area contributed by atoms with E-state index < -0.39 is 11.4 Å². The normalized spacial score (nSPS) is 15.0. The van der Waals surface area contributed by atoms with Crippen molar-refractivity contribution in [1.29, 1.82) is 0 Å². The summed E-state index contributed by atoms with van der Waals surface area (Å²) in [6.45, 7) is 1.92. The number of nitrogens with one attached hydrogen (secondary N) is 1. The van der Waals surface area contributed by atoms with E-state index in [9.17, 15) is 8.78 Å². The summed E-state index contributed by atoms with van der Waals surface area (Å²) in [5, 5.41) is -3.25. The zero-order valence-electron chi connectivity index (χ0n) is 6.41. The molecule has 5 heteroatoms. The number of halogens is 3. The Morgan fingerprint density at radius 1 is 1.64 bits per heavy atom. The molecule has 0 saturated carbocycles. The Balaban J connectivity index is 3.76. The molecule has 0 amide bonds. The van der Waals surface area contributed by atoms with E-state index in [4.69, 9.17) is 17.4 Å². The van der Waals surface area contributed by atoms with Gasteiger partial charge >= 0.3 is 5.38 Å². The lowest BCUT2D eigenvalue weighted by molar-refractivity contribution is 0.0458. The van der Waals surface area contributed by atoms with E-state index >= 15 is 0 Å². The van der Waals surface area contributed by atoms with Crippen LogP contribution in [0.3, 0.4) is 0 Å². The molecule has 0 aliphatic heterocycles. The molecule has 0 radical (unpaired) electrons. The molecule has 0 aromatic carbocycles. The van der Waals surface area contributed by atoms with Crippen LogP contribution in [-0.4, -0.2) is 11.4 Å². The SMILES string of the molecule is CCCCC(NN)C(F)(F)Cl. The molecule has 2 nitrogen and oxygen atoms in total. The lowest BCUT2D eigenvalue weighted by Crippen LogP contribution is -2.45. The Bertz CT molecular complexity index is 105. The van der Waals surface area contributed by atoms with Crippen LogP contribution >= 0.6 is 11.6 Å². The highest BCUT2D eigenvalue weighted by Crippen LogP contribution is 2.26. The smallest absolute Gasteiger partial charge is 0.271 e. The van der Waals surface area contributed by atoms with Gasteiger partial charge in [0.2, 0.25) is 0 Å². The van der Waals surface area contributed by atoms with Crippen LogP contribution in [0.2, 0.25) is 0 Å². The van der Waals surface area contributed by atoms with Gasteiger partial charge in [-0.05, 0) is 18.0 Å². The third-order valence-corrected chi connectivity index (χ3v) is 1.71. The topological polar surface area (TPSA) is 38.0 Å². The average molecular weight is 187 g/mol. The van der Waals surface area contributed by atoms with Crippen molar-refractivity contribution in [2.75, 3.05) is 0 Å². The van der Waals surface area contributed by atoms with Crippen LogP contribution in [0.5, 0.6) is 0 Å². The first kappa shape index (κ1) is 11.1. The second-order valence-corrected chi connectivity index (χ2v) is 2.91. The molecule has 0 fully saturated rings. The molecule has 0 rings (SSSR count).